The van der Waals surface area contributed by atoms with Crippen LogP contribution in [0.3, 0.4) is 0 Å². The summed E-state index contributed by atoms with van der Waals surface area (Å²) in [4.78, 5) is 4.33. The first-order valence-corrected chi connectivity index (χ1v) is 5.40. The molecule has 4 nitrogen and oxygen atoms in total. The van der Waals surface area contributed by atoms with Gasteiger partial charge in [-0.25, -0.2) is 9.50 Å². The molecule has 84 valence electrons. The highest BCUT2D eigenvalue weighted by molar-refractivity contribution is 5.79. The van der Waals surface area contributed by atoms with Crippen LogP contribution >= 0.6 is 0 Å². The Labute approximate surface area is 98.7 Å². The van der Waals surface area contributed by atoms with Crippen LogP contribution in [0.5, 0.6) is 0 Å². The Morgan fingerprint density at radius 3 is 2.76 bits per heavy atom. The summed E-state index contributed by atoms with van der Waals surface area (Å²) in [5, 5.41) is 4.27. The Hall–Kier alpha value is -2.36. The van der Waals surface area contributed by atoms with Gasteiger partial charge in [-0.1, -0.05) is 24.3 Å². The highest BCUT2D eigenvalue weighted by atomic mass is 15.2. The van der Waals surface area contributed by atoms with Crippen molar-refractivity contribution in [3.05, 3.63) is 48.4 Å². The van der Waals surface area contributed by atoms with Gasteiger partial charge < -0.3 is 5.73 Å². The van der Waals surface area contributed by atoms with E-state index in [2.05, 4.69) is 29.1 Å². The zero-order valence-corrected chi connectivity index (χ0v) is 9.46. The lowest BCUT2D eigenvalue weighted by atomic mass is 10.0. The summed E-state index contributed by atoms with van der Waals surface area (Å²) in [5.41, 5.74) is 10.5. The third kappa shape index (κ3) is 1.54. The number of nitrogens with two attached hydrogens (primary N) is 1. The van der Waals surface area contributed by atoms with Gasteiger partial charge in [0.2, 0.25) is 0 Å². The molecular formula is C13H12N4. The van der Waals surface area contributed by atoms with Crippen LogP contribution in [0.25, 0.3) is 16.8 Å². The standard InChI is InChI=1S/C13H12N4/c1-9-4-2-3-5-11(9)12-7-16-17-8-10(14)6-15-13(12)17/h2-8H,14H2,1H3. The lowest BCUT2D eigenvalue weighted by Gasteiger charge is -2.03. The molecule has 0 spiro atoms. The Morgan fingerprint density at radius 1 is 1.12 bits per heavy atom. The molecule has 2 N–H and O–H groups in total. The predicted octanol–water partition coefficient (Wildman–Crippen LogP) is 2.29. The highest BCUT2D eigenvalue weighted by Crippen LogP contribution is 2.26. The maximum Gasteiger partial charge on any atom is 0.162 e. The van der Waals surface area contributed by atoms with E-state index in [0.29, 0.717) is 5.69 Å². The van der Waals surface area contributed by atoms with Crippen molar-refractivity contribution in [2.24, 2.45) is 0 Å². The van der Waals surface area contributed by atoms with Crippen molar-refractivity contribution in [2.45, 2.75) is 6.92 Å². The van der Waals surface area contributed by atoms with E-state index in [-0.39, 0.29) is 0 Å². The number of nitrogen functional groups attached to an aromatic ring is 1. The number of rotatable bonds is 1. The molecule has 0 saturated carbocycles. The summed E-state index contributed by atoms with van der Waals surface area (Å²) in [6.07, 6.45) is 5.24. The van der Waals surface area contributed by atoms with Crippen molar-refractivity contribution >= 4 is 11.3 Å². The second kappa shape index (κ2) is 3.59. The van der Waals surface area contributed by atoms with Crippen LogP contribution in [0.4, 0.5) is 5.69 Å². The van der Waals surface area contributed by atoms with Crippen molar-refractivity contribution in [1.29, 1.82) is 0 Å². The number of aromatic nitrogens is 3. The van der Waals surface area contributed by atoms with Crippen LogP contribution < -0.4 is 5.73 Å². The molecule has 3 aromatic rings. The molecule has 0 fully saturated rings. The number of aryl methyl sites for hydroxylation is 1. The molecule has 0 atom stereocenters. The summed E-state index contributed by atoms with van der Waals surface area (Å²) in [5.74, 6) is 0. The fourth-order valence-electron chi connectivity index (χ4n) is 1.95. The molecule has 0 radical (unpaired) electrons. The van der Waals surface area contributed by atoms with E-state index in [1.54, 1.807) is 16.9 Å². The summed E-state index contributed by atoms with van der Waals surface area (Å²) < 4.78 is 1.71. The average molecular weight is 224 g/mol. The monoisotopic (exact) mass is 224 g/mol. The molecule has 0 aliphatic heterocycles. The van der Waals surface area contributed by atoms with E-state index in [1.165, 1.54) is 5.56 Å². The Balaban J connectivity index is 2.29. The van der Waals surface area contributed by atoms with Crippen molar-refractivity contribution in [3.8, 4) is 11.1 Å². The smallest absolute Gasteiger partial charge is 0.162 e. The SMILES string of the molecule is Cc1ccccc1-c1cnn2cc(N)cnc12. The van der Waals surface area contributed by atoms with Crippen LogP contribution in [0, 0.1) is 6.92 Å². The third-order valence-electron chi connectivity index (χ3n) is 2.81. The van der Waals surface area contributed by atoms with Crippen molar-refractivity contribution in [1.82, 2.24) is 14.6 Å². The van der Waals surface area contributed by atoms with Gasteiger partial charge in [0, 0.05) is 5.56 Å². The number of anilines is 1. The maximum atomic E-state index is 5.68. The van der Waals surface area contributed by atoms with Gasteiger partial charge in [0.05, 0.1) is 24.3 Å². The van der Waals surface area contributed by atoms with E-state index in [4.69, 9.17) is 5.73 Å². The second-order valence-electron chi connectivity index (χ2n) is 4.03. The minimum absolute atomic E-state index is 0.608. The molecule has 0 aliphatic rings. The molecule has 0 unspecified atom stereocenters. The first kappa shape index (κ1) is 9.84. The molecule has 0 saturated heterocycles. The molecule has 0 aliphatic carbocycles. The van der Waals surface area contributed by atoms with Crippen LogP contribution in [-0.2, 0) is 0 Å². The minimum Gasteiger partial charge on any atom is -0.396 e. The molecule has 2 heterocycles. The molecule has 2 aromatic heterocycles. The van der Waals surface area contributed by atoms with E-state index in [1.807, 2.05) is 18.3 Å². The maximum absolute atomic E-state index is 5.68. The summed E-state index contributed by atoms with van der Waals surface area (Å²) in [6.45, 7) is 2.08. The lowest BCUT2D eigenvalue weighted by Crippen LogP contribution is -1.94. The molecular weight excluding hydrogens is 212 g/mol. The van der Waals surface area contributed by atoms with Crippen molar-refractivity contribution in [3.63, 3.8) is 0 Å². The van der Waals surface area contributed by atoms with Gasteiger partial charge in [0.1, 0.15) is 0 Å². The van der Waals surface area contributed by atoms with Crippen molar-refractivity contribution < 1.29 is 0 Å². The van der Waals surface area contributed by atoms with E-state index in [9.17, 15) is 0 Å². The number of nitrogens with zero attached hydrogens (tertiary/aromatic N) is 3. The van der Waals surface area contributed by atoms with Crippen LogP contribution in [0.15, 0.2) is 42.9 Å². The van der Waals surface area contributed by atoms with Crippen LogP contribution in [0.1, 0.15) is 5.56 Å². The second-order valence-corrected chi connectivity index (χ2v) is 4.03. The quantitative estimate of drug-likeness (QED) is 0.690. The number of benzene rings is 1. The molecule has 0 bridgehead atoms. The summed E-state index contributed by atoms with van der Waals surface area (Å²) in [6, 6.07) is 8.19. The van der Waals surface area contributed by atoms with Gasteiger partial charge in [-0.05, 0) is 18.1 Å². The Morgan fingerprint density at radius 2 is 1.94 bits per heavy atom. The van der Waals surface area contributed by atoms with Gasteiger partial charge in [0.25, 0.3) is 0 Å². The third-order valence-corrected chi connectivity index (χ3v) is 2.81. The average Bonchev–Trinajstić information content (AvgIpc) is 2.72. The zero-order chi connectivity index (χ0) is 11.8. The number of hydrogen-bond donors (Lipinski definition) is 1. The molecule has 0 amide bonds. The Bertz CT molecular complexity index is 685. The van der Waals surface area contributed by atoms with Gasteiger partial charge in [-0.2, -0.15) is 5.10 Å². The normalized spacial score (nSPS) is 10.9. The number of fused-ring (bicyclic) bond motifs is 1. The van der Waals surface area contributed by atoms with Crippen molar-refractivity contribution in [2.75, 3.05) is 5.73 Å². The summed E-state index contributed by atoms with van der Waals surface area (Å²) in [7, 11) is 0. The highest BCUT2D eigenvalue weighted by Gasteiger charge is 2.09. The first-order valence-electron chi connectivity index (χ1n) is 5.40. The van der Waals surface area contributed by atoms with Gasteiger partial charge in [-0.3, -0.25) is 0 Å². The van der Waals surface area contributed by atoms with E-state index in [0.717, 1.165) is 16.8 Å². The largest absolute Gasteiger partial charge is 0.396 e. The van der Waals surface area contributed by atoms with Gasteiger partial charge in [0.15, 0.2) is 5.65 Å². The van der Waals surface area contributed by atoms with Gasteiger partial charge in [-0.15, -0.1) is 0 Å². The predicted molar refractivity (Wildman–Crippen MR) is 67.6 cm³/mol. The number of hydrogen-bond acceptors (Lipinski definition) is 3. The molecule has 4 heteroatoms. The molecule has 1 aromatic carbocycles. The van der Waals surface area contributed by atoms with Gasteiger partial charge >= 0.3 is 0 Å². The van der Waals surface area contributed by atoms with E-state index < -0.39 is 0 Å². The van der Waals surface area contributed by atoms with E-state index >= 15 is 0 Å². The summed E-state index contributed by atoms with van der Waals surface area (Å²) >= 11 is 0. The van der Waals surface area contributed by atoms with Crippen LogP contribution in [-0.4, -0.2) is 14.6 Å². The molecule has 17 heavy (non-hydrogen) atoms. The topological polar surface area (TPSA) is 56.2 Å². The minimum atomic E-state index is 0.608. The first-order chi connectivity index (χ1) is 8.25. The lowest BCUT2D eigenvalue weighted by molar-refractivity contribution is 0.942. The van der Waals surface area contributed by atoms with Crippen LogP contribution in [0.2, 0.25) is 0 Å². The Kier molecular flexibility index (Phi) is 2.08. The fourth-order valence-corrected chi connectivity index (χ4v) is 1.95. The molecule has 3 rings (SSSR count). The fraction of sp³-hybridized carbons (Fsp3) is 0.0769. The zero-order valence-electron chi connectivity index (χ0n) is 9.46.